The van der Waals surface area contributed by atoms with Gasteiger partial charge in [0.15, 0.2) is 0 Å². The van der Waals surface area contributed by atoms with Crippen LogP contribution in [0, 0.1) is 15.9 Å². The van der Waals surface area contributed by atoms with Gasteiger partial charge in [0.05, 0.1) is 29.9 Å². The minimum absolute atomic E-state index is 0.202. The van der Waals surface area contributed by atoms with Gasteiger partial charge in [-0.05, 0) is 42.0 Å². The Morgan fingerprint density at radius 3 is 2.62 bits per heavy atom. The van der Waals surface area contributed by atoms with Crippen LogP contribution >= 0.6 is 0 Å². The van der Waals surface area contributed by atoms with Crippen molar-refractivity contribution in [1.29, 1.82) is 0 Å². The van der Waals surface area contributed by atoms with Gasteiger partial charge in [-0.3, -0.25) is 19.9 Å². The zero-order valence-corrected chi connectivity index (χ0v) is 17.1. The number of nitrogens with one attached hydrogen (secondary N) is 1. The number of ether oxygens (including phenoxy) is 1. The summed E-state index contributed by atoms with van der Waals surface area (Å²) in [6.07, 6.45) is 1.60. The maximum Gasteiger partial charge on any atom is 0.293 e. The van der Waals surface area contributed by atoms with E-state index in [-0.39, 0.29) is 22.8 Å². The van der Waals surface area contributed by atoms with E-state index in [2.05, 4.69) is 10.3 Å². The molecule has 9 heteroatoms. The molecule has 2 aromatic carbocycles. The number of amides is 1. The lowest BCUT2D eigenvalue weighted by atomic mass is 10.0. The fourth-order valence-electron chi connectivity index (χ4n) is 3.60. The lowest BCUT2D eigenvalue weighted by Gasteiger charge is -2.27. The minimum Gasteiger partial charge on any atom is -0.378 e. The predicted octanol–water partition coefficient (Wildman–Crippen LogP) is 3.80. The molecule has 1 saturated heterocycles. The van der Waals surface area contributed by atoms with Crippen molar-refractivity contribution < 1.29 is 18.8 Å². The Balaban J connectivity index is 1.69. The smallest absolute Gasteiger partial charge is 0.293 e. The van der Waals surface area contributed by atoms with E-state index in [9.17, 15) is 19.3 Å². The molecule has 164 valence electrons. The highest BCUT2D eigenvalue weighted by Crippen LogP contribution is 2.32. The summed E-state index contributed by atoms with van der Waals surface area (Å²) >= 11 is 0. The number of halogens is 1. The van der Waals surface area contributed by atoms with Crippen molar-refractivity contribution in [3.05, 3.63) is 99.6 Å². The number of nitro groups is 1. The van der Waals surface area contributed by atoms with Crippen molar-refractivity contribution in [2.24, 2.45) is 0 Å². The Bertz CT molecular complexity index is 1120. The number of nitrogens with zero attached hydrogens (tertiary/aromatic N) is 3. The van der Waals surface area contributed by atoms with E-state index < -0.39 is 16.8 Å². The second-order valence-corrected chi connectivity index (χ2v) is 7.28. The molecule has 32 heavy (non-hydrogen) atoms. The number of carbonyl (C=O) groups is 1. The van der Waals surface area contributed by atoms with E-state index in [0.29, 0.717) is 37.6 Å². The van der Waals surface area contributed by atoms with Crippen molar-refractivity contribution in [3.8, 4) is 0 Å². The Morgan fingerprint density at radius 1 is 1.12 bits per heavy atom. The second kappa shape index (κ2) is 9.52. The summed E-state index contributed by atoms with van der Waals surface area (Å²) in [6.45, 7) is 1.75. The Labute approximate surface area is 183 Å². The Kier molecular flexibility index (Phi) is 6.37. The van der Waals surface area contributed by atoms with Gasteiger partial charge in [-0.15, -0.1) is 0 Å². The van der Waals surface area contributed by atoms with Crippen LogP contribution in [-0.2, 0) is 4.74 Å². The lowest BCUT2D eigenvalue weighted by molar-refractivity contribution is -0.384. The average Bonchev–Trinajstić information content (AvgIpc) is 2.83. The molecule has 1 aliphatic rings. The molecule has 4 rings (SSSR count). The fraction of sp³-hybridized carbons (Fsp3) is 0.217. The largest absolute Gasteiger partial charge is 0.378 e. The topological polar surface area (TPSA) is 97.6 Å². The fourth-order valence-corrected chi connectivity index (χ4v) is 3.60. The summed E-state index contributed by atoms with van der Waals surface area (Å²) in [5.74, 6) is -0.708. The molecule has 0 radical (unpaired) electrons. The number of hydrogen-bond acceptors (Lipinski definition) is 6. The quantitative estimate of drug-likeness (QED) is 0.466. The second-order valence-electron chi connectivity index (χ2n) is 7.28. The highest BCUT2D eigenvalue weighted by Gasteiger charge is 2.25. The maximum atomic E-state index is 13.9. The first-order valence-electron chi connectivity index (χ1n) is 10.1. The number of morpholine rings is 1. The summed E-state index contributed by atoms with van der Waals surface area (Å²) < 4.78 is 19.2. The molecule has 0 spiro atoms. The number of rotatable bonds is 6. The van der Waals surface area contributed by atoms with E-state index in [1.54, 1.807) is 47.5 Å². The first kappa shape index (κ1) is 21.4. The first-order valence-corrected chi connectivity index (χ1v) is 10.1. The summed E-state index contributed by atoms with van der Waals surface area (Å²) in [5.41, 5.74) is 1.31. The molecule has 1 N–H and O–H groups in total. The lowest BCUT2D eigenvalue weighted by Crippen LogP contribution is -2.40. The summed E-state index contributed by atoms with van der Waals surface area (Å²) in [6, 6.07) is 14.9. The third-order valence-electron chi connectivity index (χ3n) is 5.21. The van der Waals surface area contributed by atoms with Gasteiger partial charge < -0.3 is 15.0 Å². The van der Waals surface area contributed by atoms with Gasteiger partial charge >= 0.3 is 0 Å². The molecular weight excluding hydrogens is 415 g/mol. The molecule has 1 atom stereocenters. The van der Waals surface area contributed by atoms with Crippen LogP contribution in [0.2, 0.25) is 0 Å². The monoisotopic (exact) mass is 436 g/mol. The van der Waals surface area contributed by atoms with Crippen LogP contribution in [0.1, 0.15) is 27.7 Å². The van der Waals surface area contributed by atoms with E-state index in [4.69, 9.17) is 4.74 Å². The normalized spacial score (nSPS) is 14.6. The Morgan fingerprint density at radius 2 is 1.94 bits per heavy atom. The molecule has 1 amide bonds. The van der Waals surface area contributed by atoms with Gasteiger partial charge in [-0.1, -0.05) is 18.2 Å². The molecule has 0 aliphatic carbocycles. The average molecular weight is 436 g/mol. The number of aromatic nitrogens is 1. The van der Waals surface area contributed by atoms with Crippen LogP contribution in [0.4, 0.5) is 15.8 Å². The van der Waals surface area contributed by atoms with Crippen molar-refractivity contribution in [2.75, 3.05) is 31.6 Å². The predicted molar refractivity (Wildman–Crippen MR) is 116 cm³/mol. The molecule has 3 aromatic rings. The Hall–Kier alpha value is -3.85. The van der Waals surface area contributed by atoms with E-state index in [0.717, 1.165) is 0 Å². The van der Waals surface area contributed by atoms with E-state index >= 15 is 0 Å². The maximum absolute atomic E-state index is 13.9. The number of nitro benzene ring substituents is 1. The number of carbonyl (C=O) groups excluding carboxylic acids is 1. The molecule has 2 heterocycles. The molecule has 1 fully saturated rings. The van der Waals surface area contributed by atoms with Crippen LogP contribution in [0.5, 0.6) is 0 Å². The number of pyridine rings is 1. The van der Waals surface area contributed by atoms with Gasteiger partial charge in [-0.25, -0.2) is 4.39 Å². The van der Waals surface area contributed by atoms with E-state index in [1.165, 1.54) is 24.3 Å². The molecule has 1 aliphatic heterocycles. The van der Waals surface area contributed by atoms with Crippen molar-refractivity contribution in [2.45, 2.75) is 6.04 Å². The number of benzene rings is 2. The van der Waals surface area contributed by atoms with Crippen molar-refractivity contribution in [1.82, 2.24) is 9.88 Å². The van der Waals surface area contributed by atoms with Crippen LogP contribution in [0.25, 0.3) is 0 Å². The molecular formula is C23H21FN4O4. The SMILES string of the molecule is O=C(c1ccc(NC(c2cccc(F)c2)c2ccccn2)c([N+](=O)[O-])c1)N1CCOCC1. The zero-order valence-electron chi connectivity index (χ0n) is 17.1. The van der Waals surface area contributed by atoms with Crippen LogP contribution in [0.15, 0.2) is 66.9 Å². The first-order chi connectivity index (χ1) is 15.5. The van der Waals surface area contributed by atoms with Crippen LogP contribution in [-0.4, -0.2) is 47.0 Å². The summed E-state index contributed by atoms with van der Waals surface area (Å²) in [7, 11) is 0. The van der Waals surface area contributed by atoms with Crippen LogP contribution in [0.3, 0.4) is 0 Å². The highest BCUT2D eigenvalue weighted by molar-refractivity contribution is 5.95. The van der Waals surface area contributed by atoms with Crippen molar-refractivity contribution >= 4 is 17.3 Å². The standard InChI is InChI=1S/C23H21FN4O4/c24-18-5-3-4-16(14-18)22(20-6-1-2-9-25-20)26-19-8-7-17(15-21(19)28(30)31)23(29)27-10-12-32-13-11-27/h1-9,14-15,22,26H,10-13H2. The van der Waals surface area contributed by atoms with Crippen LogP contribution < -0.4 is 5.32 Å². The van der Waals surface area contributed by atoms with Gasteiger partial charge in [0.25, 0.3) is 11.6 Å². The number of hydrogen-bond donors (Lipinski definition) is 1. The van der Waals surface area contributed by atoms with Gasteiger partial charge in [0.1, 0.15) is 11.5 Å². The third-order valence-corrected chi connectivity index (χ3v) is 5.21. The third kappa shape index (κ3) is 4.73. The van der Waals surface area contributed by atoms with Gasteiger partial charge in [0.2, 0.25) is 0 Å². The zero-order chi connectivity index (χ0) is 22.5. The van der Waals surface area contributed by atoms with Gasteiger partial charge in [-0.2, -0.15) is 0 Å². The highest BCUT2D eigenvalue weighted by atomic mass is 19.1. The molecule has 0 saturated carbocycles. The molecule has 1 aromatic heterocycles. The van der Waals surface area contributed by atoms with Gasteiger partial charge in [0, 0.05) is 30.9 Å². The van der Waals surface area contributed by atoms with E-state index in [1.807, 2.05) is 0 Å². The molecule has 0 bridgehead atoms. The summed E-state index contributed by atoms with van der Waals surface area (Å²) in [4.78, 5) is 30.0. The molecule has 8 nitrogen and oxygen atoms in total. The summed E-state index contributed by atoms with van der Waals surface area (Å²) in [5, 5.41) is 14.9. The number of anilines is 1. The van der Waals surface area contributed by atoms with Crippen molar-refractivity contribution in [3.63, 3.8) is 0 Å². The minimum atomic E-state index is -0.633. The molecule has 1 unspecified atom stereocenters.